The highest BCUT2D eigenvalue weighted by Crippen LogP contribution is 2.75. The first-order valence-corrected chi connectivity index (χ1v) is 18.6. The summed E-state index contributed by atoms with van der Waals surface area (Å²) in [5.74, 6) is 0.873. The third kappa shape index (κ3) is 4.85. The van der Waals surface area contributed by atoms with Crippen molar-refractivity contribution in [1.29, 1.82) is 0 Å². The number of carbonyl (C=O) groups is 1. The number of aliphatic hydroxyl groups is 1. The summed E-state index contributed by atoms with van der Waals surface area (Å²) in [6, 6.07) is -0.218. The number of ether oxygens (including phenoxy) is 2. The average Bonchev–Trinajstić information content (AvgIpc) is 3.49. The molecular formula is C38H63N5O5. The van der Waals surface area contributed by atoms with Crippen molar-refractivity contribution in [3.63, 3.8) is 0 Å². The van der Waals surface area contributed by atoms with Crippen LogP contribution in [0.25, 0.3) is 0 Å². The molecule has 10 nitrogen and oxygen atoms in total. The van der Waals surface area contributed by atoms with E-state index in [0.29, 0.717) is 43.4 Å². The van der Waals surface area contributed by atoms with Crippen molar-refractivity contribution < 1.29 is 24.5 Å². The molecule has 5 aliphatic rings. The van der Waals surface area contributed by atoms with E-state index in [4.69, 9.17) is 15.2 Å². The third-order valence-corrected chi connectivity index (χ3v) is 16.0. The van der Waals surface area contributed by atoms with Gasteiger partial charge in [-0.1, -0.05) is 74.0 Å². The van der Waals surface area contributed by atoms with Gasteiger partial charge in [0, 0.05) is 16.4 Å². The van der Waals surface area contributed by atoms with Crippen molar-refractivity contribution in [2.24, 2.45) is 68.3 Å². The summed E-state index contributed by atoms with van der Waals surface area (Å²) < 4.78 is 15.4. The fraction of sp³-hybridized carbons (Fsp3) is 0.895. The van der Waals surface area contributed by atoms with Gasteiger partial charge in [-0.05, 0) is 102 Å². The standard InChI is InChI=1S/C38H63N5O5/c1-22(2)24(5)33(6)15-16-35(8)25-11-12-28-34(7)19-47-21-38(28,26(25)13-14-36(35,9)30(33)32(45)46)17-27(43-29(18-44)40-41-42-43)31(34)48-20-37(10,39)23(3)4/h13,22-25,27-28,30-31,44H,11-12,14-21,39H2,1-10H3,(H,45,46)/t24-,25+,27-,28+,30?,31+,33-,34+,35-,36+,37+,38+/m1/s1. The molecule has 0 amide bonds. The van der Waals surface area contributed by atoms with Crippen LogP contribution in [0.4, 0.5) is 0 Å². The lowest BCUT2D eigenvalue weighted by Crippen LogP contribution is -2.69. The first kappa shape index (κ1) is 35.9. The molecule has 12 atom stereocenters. The molecule has 6 rings (SSSR count). The Morgan fingerprint density at radius 3 is 2.46 bits per heavy atom. The van der Waals surface area contributed by atoms with Crippen molar-refractivity contribution >= 4 is 5.97 Å². The van der Waals surface area contributed by atoms with Crippen molar-refractivity contribution in [3.8, 4) is 0 Å². The van der Waals surface area contributed by atoms with Gasteiger partial charge in [0.1, 0.15) is 6.61 Å². The molecule has 10 heteroatoms. The quantitative estimate of drug-likeness (QED) is 0.267. The minimum absolute atomic E-state index is 0.170. The fourth-order valence-corrected chi connectivity index (χ4v) is 12.1. The zero-order valence-electron chi connectivity index (χ0n) is 31.3. The number of carboxylic acid groups (broad SMARTS) is 1. The van der Waals surface area contributed by atoms with Crippen LogP contribution in [-0.4, -0.2) is 67.9 Å². The van der Waals surface area contributed by atoms with E-state index >= 15 is 0 Å². The lowest BCUT2D eigenvalue weighted by atomic mass is 9.34. The van der Waals surface area contributed by atoms with E-state index in [1.54, 1.807) is 0 Å². The molecule has 1 aliphatic heterocycles. The molecule has 3 saturated carbocycles. The van der Waals surface area contributed by atoms with Gasteiger partial charge in [-0.2, -0.15) is 0 Å². The van der Waals surface area contributed by atoms with Crippen molar-refractivity contribution in [2.45, 2.75) is 132 Å². The van der Waals surface area contributed by atoms with Gasteiger partial charge in [0.2, 0.25) is 0 Å². The van der Waals surface area contributed by atoms with Crippen LogP contribution in [0.1, 0.15) is 120 Å². The summed E-state index contributed by atoms with van der Waals surface area (Å²) in [5, 5.41) is 34.0. The van der Waals surface area contributed by atoms with Gasteiger partial charge < -0.3 is 25.4 Å². The van der Waals surface area contributed by atoms with Crippen LogP contribution in [0.5, 0.6) is 0 Å². The highest BCUT2D eigenvalue weighted by atomic mass is 16.5. The maximum absolute atomic E-state index is 13.4. The number of fused-ring (bicyclic) bond motifs is 3. The minimum Gasteiger partial charge on any atom is -0.481 e. The van der Waals surface area contributed by atoms with Gasteiger partial charge >= 0.3 is 5.97 Å². The predicted molar refractivity (Wildman–Crippen MR) is 184 cm³/mol. The molecule has 0 spiro atoms. The number of aliphatic carboxylic acids is 1. The Morgan fingerprint density at radius 1 is 1.12 bits per heavy atom. The van der Waals surface area contributed by atoms with Gasteiger partial charge in [-0.15, -0.1) is 5.10 Å². The minimum atomic E-state index is -0.642. The van der Waals surface area contributed by atoms with Crippen molar-refractivity contribution in [3.05, 3.63) is 17.5 Å². The van der Waals surface area contributed by atoms with Crippen LogP contribution >= 0.6 is 0 Å². The van der Waals surface area contributed by atoms with Crippen LogP contribution in [0.2, 0.25) is 0 Å². The van der Waals surface area contributed by atoms with Crippen LogP contribution in [0.15, 0.2) is 11.6 Å². The monoisotopic (exact) mass is 669 g/mol. The molecule has 270 valence electrons. The van der Waals surface area contributed by atoms with Crippen LogP contribution in [0.3, 0.4) is 0 Å². The predicted octanol–water partition coefficient (Wildman–Crippen LogP) is 6.05. The third-order valence-electron chi connectivity index (χ3n) is 16.0. The van der Waals surface area contributed by atoms with Crippen molar-refractivity contribution in [2.75, 3.05) is 19.8 Å². The molecule has 4 N–H and O–H groups in total. The van der Waals surface area contributed by atoms with E-state index in [0.717, 1.165) is 38.5 Å². The Bertz CT molecular complexity index is 1430. The number of hydrogen-bond donors (Lipinski definition) is 3. The Kier molecular flexibility index (Phi) is 8.86. The van der Waals surface area contributed by atoms with E-state index in [-0.39, 0.29) is 57.7 Å². The summed E-state index contributed by atoms with van der Waals surface area (Å²) in [6.07, 6.45) is 7.68. The van der Waals surface area contributed by atoms with E-state index in [2.05, 4.69) is 83.9 Å². The first-order valence-electron chi connectivity index (χ1n) is 18.6. The first-order chi connectivity index (χ1) is 22.3. The molecule has 0 radical (unpaired) electrons. The molecule has 4 fully saturated rings. The number of aromatic nitrogens is 4. The molecule has 0 aromatic carbocycles. The van der Waals surface area contributed by atoms with E-state index in [1.807, 2.05) is 11.6 Å². The lowest BCUT2D eigenvalue weighted by molar-refractivity contribution is -0.253. The van der Waals surface area contributed by atoms with Crippen molar-refractivity contribution in [1.82, 2.24) is 20.2 Å². The van der Waals surface area contributed by atoms with Gasteiger partial charge in [0.05, 0.1) is 37.9 Å². The van der Waals surface area contributed by atoms with Crippen LogP contribution < -0.4 is 5.73 Å². The second-order valence-corrected chi connectivity index (χ2v) is 18.7. The molecule has 1 unspecified atom stereocenters. The topological polar surface area (TPSA) is 146 Å². The molecule has 2 heterocycles. The maximum Gasteiger partial charge on any atom is 0.307 e. The number of allylic oxidation sites excluding steroid dienone is 1. The molecule has 1 saturated heterocycles. The average molecular weight is 670 g/mol. The largest absolute Gasteiger partial charge is 0.481 e. The molecule has 2 bridgehead atoms. The summed E-state index contributed by atoms with van der Waals surface area (Å²) in [6.45, 7) is 23.7. The molecule has 4 aliphatic carbocycles. The zero-order valence-corrected chi connectivity index (χ0v) is 31.3. The van der Waals surface area contributed by atoms with Crippen LogP contribution in [0, 0.1) is 62.6 Å². The molecule has 1 aromatic heterocycles. The Labute approximate surface area is 288 Å². The Morgan fingerprint density at radius 2 is 1.83 bits per heavy atom. The van der Waals surface area contributed by atoms with E-state index in [1.165, 1.54) is 5.57 Å². The number of rotatable bonds is 9. The summed E-state index contributed by atoms with van der Waals surface area (Å²) in [7, 11) is 0. The molecule has 1 aromatic rings. The number of hydrogen-bond acceptors (Lipinski definition) is 8. The smallest absolute Gasteiger partial charge is 0.307 e. The molecule has 48 heavy (non-hydrogen) atoms. The Hall–Kier alpha value is -1.88. The van der Waals surface area contributed by atoms with Gasteiger partial charge in [0.25, 0.3) is 0 Å². The number of nitrogens with two attached hydrogens (primary N) is 1. The lowest BCUT2D eigenvalue weighted by Gasteiger charge is -2.71. The van der Waals surface area contributed by atoms with Gasteiger partial charge in [-0.25, -0.2) is 4.68 Å². The Balaban J connectivity index is 1.46. The van der Waals surface area contributed by atoms with Gasteiger partial charge in [-0.3, -0.25) is 4.79 Å². The maximum atomic E-state index is 13.4. The number of aliphatic hydroxyl groups excluding tert-OH is 1. The normalized spacial score (nSPS) is 44.3. The molecular weight excluding hydrogens is 606 g/mol. The number of tetrazole rings is 1. The second-order valence-electron chi connectivity index (χ2n) is 18.7. The fourth-order valence-electron chi connectivity index (χ4n) is 12.1. The summed E-state index contributed by atoms with van der Waals surface area (Å²) >= 11 is 0. The zero-order chi connectivity index (χ0) is 35.2. The van der Waals surface area contributed by atoms with E-state index < -0.39 is 17.4 Å². The highest BCUT2D eigenvalue weighted by Gasteiger charge is 2.72. The second kappa shape index (κ2) is 11.8. The summed E-state index contributed by atoms with van der Waals surface area (Å²) in [4.78, 5) is 13.4. The highest BCUT2D eigenvalue weighted by molar-refractivity contribution is 5.73. The SMILES string of the molecule is CC(C)[C@@H](C)[C@@]1(C)CC[C@]2(C)[C@H]3CC[C@@H]4[C@@]5(COC[C@]4(C)[C@@H](OC[C@](C)(N)C(C)C)[C@H](n4nnnc4CO)C5)C3=CC[C@@]2(C)C1C(=O)O. The van der Waals surface area contributed by atoms with Crippen LogP contribution in [-0.2, 0) is 20.9 Å². The number of carboxylic acids is 1. The van der Waals surface area contributed by atoms with Gasteiger partial charge in [0.15, 0.2) is 5.82 Å². The summed E-state index contributed by atoms with van der Waals surface area (Å²) in [5.41, 5.74) is 6.27. The van der Waals surface area contributed by atoms with E-state index in [9.17, 15) is 15.0 Å². The number of nitrogens with zero attached hydrogens (tertiary/aromatic N) is 4.